The molecule has 0 aromatic carbocycles. The Morgan fingerprint density at radius 1 is 1.32 bits per heavy atom. The van der Waals surface area contributed by atoms with E-state index in [9.17, 15) is 0 Å². The average molecular weight is 259 g/mol. The van der Waals surface area contributed by atoms with Crippen LogP contribution in [0.3, 0.4) is 0 Å². The summed E-state index contributed by atoms with van der Waals surface area (Å²) in [5.74, 6) is 2.04. The van der Waals surface area contributed by atoms with Crippen LogP contribution in [0, 0.1) is 0 Å². The maximum Gasteiger partial charge on any atom is 0.133 e. The minimum atomic E-state index is 0.750. The van der Waals surface area contributed by atoms with Gasteiger partial charge in [-0.1, -0.05) is 13.0 Å². The number of pyridine rings is 1. The second-order valence-electron chi connectivity index (χ2n) is 4.58. The van der Waals surface area contributed by atoms with Crippen LogP contribution in [-0.4, -0.2) is 28.1 Å². The van der Waals surface area contributed by atoms with Crippen molar-refractivity contribution in [2.24, 2.45) is 7.05 Å². The third-order valence-electron chi connectivity index (χ3n) is 3.09. The van der Waals surface area contributed by atoms with Gasteiger partial charge >= 0.3 is 0 Å². The normalized spacial score (nSPS) is 10.7. The van der Waals surface area contributed by atoms with Crippen molar-refractivity contribution in [1.82, 2.24) is 19.9 Å². The number of nitrogens with one attached hydrogen (secondary N) is 1. The van der Waals surface area contributed by atoms with E-state index >= 15 is 0 Å². The lowest BCUT2D eigenvalue weighted by Crippen LogP contribution is -2.23. The first-order valence-corrected chi connectivity index (χ1v) is 6.54. The van der Waals surface area contributed by atoms with E-state index in [4.69, 9.17) is 0 Å². The van der Waals surface area contributed by atoms with E-state index in [0.29, 0.717) is 0 Å². The molecule has 0 fully saturated rings. The van der Waals surface area contributed by atoms with Crippen LogP contribution >= 0.6 is 0 Å². The number of aromatic nitrogens is 3. The molecule has 0 amide bonds. The largest absolute Gasteiger partial charge is 0.352 e. The van der Waals surface area contributed by atoms with E-state index in [-0.39, 0.29) is 0 Å². The Bertz CT molecular complexity index is 520. The summed E-state index contributed by atoms with van der Waals surface area (Å²) in [6.45, 7) is 4.65. The van der Waals surface area contributed by atoms with Gasteiger partial charge in [0.25, 0.3) is 0 Å². The van der Waals surface area contributed by atoms with Gasteiger partial charge in [0.2, 0.25) is 0 Å². The van der Waals surface area contributed by atoms with Crippen molar-refractivity contribution in [2.75, 3.05) is 18.5 Å². The zero-order chi connectivity index (χ0) is 13.7. The fourth-order valence-corrected chi connectivity index (χ4v) is 2.01. The molecule has 102 valence electrons. The second kappa shape index (κ2) is 6.33. The third-order valence-corrected chi connectivity index (χ3v) is 3.09. The zero-order valence-electron chi connectivity index (χ0n) is 11.8. The molecule has 0 saturated heterocycles. The van der Waals surface area contributed by atoms with E-state index in [1.54, 1.807) is 0 Å². The Balaban J connectivity index is 2.14. The number of hydrogen-bond acceptors (Lipinski definition) is 4. The summed E-state index contributed by atoms with van der Waals surface area (Å²) in [6.07, 6.45) is 5.61. The predicted molar refractivity (Wildman–Crippen MR) is 76.9 cm³/mol. The van der Waals surface area contributed by atoms with E-state index in [1.165, 1.54) is 5.56 Å². The van der Waals surface area contributed by atoms with Gasteiger partial charge in [-0.2, -0.15) is 0 Å². The summed E-state index contributed by atoms with van der Waals surface area (Å²) in [4.78, 5) is 11.0. The van der Waals surface area contributed by atoms with Gasteiger partial charge in [0.05, 0.1) is 6.54 Å². The smallest absolute Gasteiger partial charge is 0.133 e. The number of nitrogens with zero attached hydrogens (tertiary/aromatic N) is 4. The highest BCUT2D eigenvalue weighted by atomic mass is 15.2. The molecule has 19 heavy (non-hydrogen) atoms. The molecule has 5 nitrogen and oxygen atoms in total. The van der Waals surface area contributed by atoms with Gasteiger partial charge in [0, 0.05) is 44.8 Å². The summed E-state index contributed by atoms with van der Waals surface area (Å²) in [5.41, 5.74) is 1.21. The summed E-state index contributed by atoms with van der Waals surface area (Å²) in [5, 5.41) is 3.34. The van der Waals surface area contributed by atoms with Crippen molar-refractivity contribution < 1.29 is 0 Å². The van der Waals surface area contributed by atoms with Crippen molar-refractivity contribution in [2.45, 2.75) is 20.0 Å². The lowest BCUT2D eigenvalue weighted by Gasteiger charge is -2.21. The van der Waals surface area contributed by atoms with E-state index in [0.717, 1.165) is 31.3 Å². The lowest BCUT2D eigenvalue weighted by molar-refractivity contribution is 0.711. The molecule has 5 heteroatoms. The quantitative estimate of drug-likeness (QED) is 0.855. The van der Waals surface area contributed by atoms with Gasteiger partial charge in [0.1, 0.15) is 11.6 Å². The molecule has 2 heterocycles. The summed E-state index contributed by atoms with van der Waals surface area (Å²) in [6, 6.07) is 4.09. The Morgan fingerprint density at radius 2 is 2.16 bits per heavy atom. The highest BCUT2D eigenvalue weighted by Crippen LogP contribution is 2.17. The fraction of sp³-hybridized carbons (Fsp3) is 0.429. The van der Waals surface area contributed by atoms with Crippen molar-refractivity contribution in [3.05, 3.63) is 42.1 Å². The molecule has 2 aromatic heterocycles. The molecule has 0 spiro atoms. The van der Waals surface area contributed by atoms with E-state index in [2.05, 4.69) is 33.2 Å². The van der Waals surface area contributed by atoms with Gasteiger partial charge < -0.3 is 14.8 Å². The van der Waals surface area contributed by atoms with Crippen LogP contribution in [0.4, 0.5) is 5.82 Å². The van der Waals surface area contributed by atoms with Crippen molar-refractivity contribution in [3.63, 3.8) is 0 Å². The summed E-state index contributed by atoms with van der Waals surface area (Å²) >= 11 is 0. The predicted octanol–water partition coefficient (Wildman–Crippen LogP) is 1.56. The molecule has 0 atom stereocenters. The molecule has 0 bridgehead atoms. The first-order valence-electron chi connectivity index (χ1n) is 6.54. The van der Waals surface area contributed by atoms with Crippen LogP contribution in [0.5, 0.6) is 0 Å². The standard InChI is InChI=1S/C14H21N5/c1-4-15-10-12-6-5-7-17-14(12)19(3)11-13-16-8-9-18(13)2/h5-9,15H,4,10-11H2,1-3H3. The Morgan fingerprint density at radius 3 is 2.84 bits per heavy atom. The average Bonchev–Trinajstić information content (AvgIpc) is 2.82. The maximum atomic E-state index is 4.49. The first kappa shape index (κ1) is 13.5. The van der Waals surface area contributed by atoms with Crippen LogP contribution in [0.2, 0.25) is 0 Å². The Hall–Kier alpha value is -1.88. The minimum Gasteiger partial charge on any atom is -0.352 e. The second-order valence-corrected chi connectivity index (χ2v) is 4.58. The zero-order valence-corrected chi connectivity index (χ0v) is 11.8. The molecule has 2 rings (SSSR count). The number of rotatable bonds is 6. The molecule has 0 aliphatic carbocycles. The van der Waals surface area contributed by atoms with E-state index in [1.807, 2.05) is 43.3 Å². The monoisotopic (exact) mass is 259 g/mol. The van der Waals surface area contributed by atoms with E-state index < -0.39 is 0 Å². The van der Waals surface area contributed by atoms with Crippen LogP contribution in [0.25, 0.3) is 0 Å². The molecule has 0 aliphatic rings. The molecule has 1 N–H and O–H groups in total. The van der Waals surface area contributed by atoms with Crippen LogP contribution in [0.15, 0.2) is 30.7 Å². The van der Waals surface area contributed by atoms with Gasteiger partial charge in [-0.05, 0) is 12.6 Å². The Labute approximate surface area is 114 Å². The van der Waals surface area contributed by atoms with Crippen LogP contribution < -0.4 is 10.2 Å². The molecular formula is C14H21N5. The van der Waals surface area contributed by atoms with Crippen molar-refractivity contribution in [3.8, 4) is 0 Å². The molecule has 0 saturated carbocycles. The van der Waals surface area contributed by atoms with Gasteiger partial charge in [-0.3, -0.25) is 0 Å². The van der Waals surface area contributed by atoms with Crippen molar-refractivity contribution >= 4 is 5.82 Å². The topological polar surface area (TPSA) is 46.0 Å². The summed E-state index contributed by atoms with van der Waals surface area (Å²) in [7, 11) is 4.06. The SMILES string of the molecule is CCNCc1cccnc1N(C)Cc1nccn1C. The number of hydrogen-bond donors (Lipinski definition) is 1. The number of aryl methyl sites for hydroxylation is 1. The van der Waals surface area contributed by atoms with Gasteiger partial charge in [0.15, 0.2) is 0 Å². The maximum absolute atomic E-state index is 4.49. The summed E-state index contributed by atoms with van der Waals surface area (Å²) < 4.78 is 2.03. The number of anilines is 1. The molecule has 2 aromatic rings. The fourth-order valence-electron chi connectivity index (χ4n) is 2.01. The first-order chi connectivity index (χ1) is 9.22. The van der Waals surface area contributed by atoms with Crippen molar-refractivity contribution in [1.29, 1.82) is 0 Å². The molecular weight excluding hydrogens is 238 g/mol. The minimum absolute atomic E-state index is 0.750. The highest BCUT2D eigenvalue weighted by molar-refractivity contribution is 5.45. The van der Waals surface area contributed by atoms with Gasteiger partial charge in [-0.15, -0.1) is 0 Å². The van der Waals surface area contributed by atoms with Crippen LogP contribution in [-0.2, 0) is 20.1 Å². The molecule has 0 unspecified atom stereocenters. The highest BCUT2D eigenvalue weighted by Gasteiger charge is 2.10. The van der Waals surface area contributed by atoms with Crippen LogP contribution in [0.1, 0.15) is 18.3 Å². The number of imidazole rings is 1. The third kappa shape index (κ3) is 3.32. The molecule has 0 radical (unpaired) electrons. The molecule has 0 aliphatic heterocycles. The van der Waals surface area contributed by atoms with Gasteiger partial charge in [-0.25, -0.2) is 9.97 Å². The Kier molecular flexibility index (Phi) is 4.52. The lowest BCUT2D eigenvalue weighted by atomic mass is 10.2.